The molecule has 0 bridgehead atoms. The van der Waals surface area contributed by atoms with E-state index in [-0.39, 0.29) is 24.6 Å². The van der Waals surface area contributed by atoms with Crippen molar-refractivity contribution >= 4 is 15.9 Å². The van der Waals surface area contributed by atoms with E-state index in [0.29, 0.717) is 0 Å². The van der Waals surface area contributed by atoms with Gasteiger partial charge < -0.3 is 11.1 Å². The Labute approximate surface area is 102 Å². The van der Waals surface area contributed by atoms with Gasteiger partial charge in [0.15, 0.2) is 0 Å². The smallest absolute Gasteiger partial charge is 0.221 e. The van der Waals surface area contributed by atoms with Crippen LogP contribution in [-0.2, 0) is 14.8 Å². The molecule has 7 heteroatoms. The fraction of sp³-hybridized carbons (Fsp3) is 0.900. The van der Waals surface area contributed by atoms with Gasteiger partial charge in [-0.15, -0.1) is 0 Å². The van der Waals surface area contributed by atoms with Gasteiger partial charge in [0.2, 0.25) is 15.9 Å². The number of amides is 1. The maximum atomic E-state index is 11.6. The molecule has 6 nitrogen and oxygen atoms in total. The van der Waals surface area contributed by atoms with E-state index >= 15 is 0 Å². The van der Waals surface area contributed by atoms with Gasteiger partial charge in [-0.25, -0.2) is 13.6 Å². The third-order valence-electron chi connectivity index (χ3n) is 3.07. The standard InChI is InChI=1S/C10H21N3O3S/c11-10(4-2-1-3-5-10)8-9(14)13-6-7-17(12,15)16/h1-8,11H2,(H,13,14)(H2,12,15,16). The van der Waals surface area contributed by atoms with Crippen LogP contribution in [-0.4, -0.2) is 32.2 Å². The van der Waals surface area contributed by atoms with Crippen LogP contribution in [0, 0.1) is 0 Å². The van der Waals surface area contributed by atoms with E-state index < -0.39 is 15.6 Å². The van der Waals surface area contributed by atoms with Crippen LogP contribution in [0.15, 0.2) is 0 Å². The average Bonchev–Trinajstić information content (AvgIpc) is 2.15. The van der Waals surface area contributed by atoms with Crippen molar-refractivity contribution in [2.24, 2.45) is 10.9 Å². The summed E-state index contributed by atoms with van der Waals surface area (Å²) in [5.41, 5.74) is 5.70. The fourth-order valence-electron chi connectivity index (χ4n) is 2.15. The van der Waals surface area contributed by atoms with E-state index in [1.165, 1.54) is 6.42 Å². The summed E-state index contributed by atoms with van der Waals surface area (Å²) in [5, 5.41) is 7.36. The number of nitrogens with two attached hydrogens (primary N) is 2. The lowest BCUT2D eigenvalue weighted by Gasteiger charge is -2.32. The molecule has 0 aromatic heterocycles. The van der Waals surface area contributed by atoms with Crippen molar-refractivity contribution in [3.05, 3.63) is 0 Å². The first-order valence-corrected chi connectivity index (χ1v) is 7.58. The second-order valence-electron chi connectivity index (χ2n) is 4.82. The van der Waals surface area contributed by atoms with Gasteiger partial charge >= 0.3 is 0 Å². The molecule has 5 N–H and O–H groups in total. The molecule has 0 unspecified atom stereocenters. The van der Waals surface area contributed by atoms with E-state index in [1.807, 2.05) is 0 Å². The molecule has 0 atom stereocenters. The lowest BCUT2D eigenvalue weighted by atomic mass is 9.80. The number of hydrogen-bond acceptors (Lipinski definition) is 4. The molecule has 1 saturated carbocycles. The van der Waals surface area contributed by atoms with E-state index in [2.05, 4.69) is 5.32 Å². The molecule has 1 aliphatic carbocycles. The van der Waals surface area contributed by atoms with Gasteiger partial charge in [-0.3, -0.25) is 4.79 Å². The lowest BCUT2D eigenvalue weighted by molar-refractivity contribution is -0.122. The topological polar surface area (TPSA) is 115 Å². The molecule has 0 aromatic carbocycles. The summed E-state index contributed by atoms with van der Waals surface area (Å²) >= 11 is 0. The summed E-state index contributed by atoms with van der Waals surface area (Å²) < 4.78 is 21.3. The predicted octanol–water partition coefficient (Wildman–Crippen LogP) is -0.557. The molecule has 1 aliphatic rings. The minimum atomic E-state index is -3.51. The number of carbonyl (C=O) groups excluding carboxylic acids is 1. The van der Waals surface area contributed by atoms with Crippen LogP contribution in [0.3, 0.4) is 0 Å². The van der Waals surface area contributed by atoms with Crippen molar-refractivity contribution in [2.75, 3.05) is 12.3 Å². The Bertz CT molecular complexity index is 361. The second-order valence-corrected chi connectivity index (χ2v) is 6.55. The fourth-order valence-corrected chi connectivity index (χ4v) is 2.53. The minimum absolute atomic E-state index is 0.0494. The third kappa shape index (κ3) is 5.99. The second kappa shape index (κ2) is 5.79. The van der Waals surface area contributed by atoms with Crippen molar-refractivity contribution in [3.63, 3.8) is 0 Å². The molecule has 1 amide bonds. The Morgan fingerprint density at radius 3 is 2.35 bits per heavy atom. The molecule has 17 heavy (non-hydrogen) atoms. The first-order valence-electron chi connectivity index (χ1n) is 5.87. The molecule has 0 spiro atoms. The van der Waals surface area contributed by atoms with Crippen LogP contribution in [0.1, 0.15) is 38.5 Å². The highest BCUT2D eigenvalue weighted by Gasteiger charge is 2.29. The van der Waals surface area contributed by atoms with Crippen molar-refractivity contribution in [1.82, 2.24) is 5.32 Å². The van der Waals surface area contributed by atoms with E-state index in [4.69, 9.17) is 10.9 Å². The van der Waals surface area contributed by atoms with Gasteiger partial charge in [-0.05, 0) is 12.8 Å². The highest BCUT2D eigenvalue weighted by atomic mass is 32.2. The number of hydrogen-bond donors (Lipinski definition) is 3. The molecule has 0 radical (unpaired) electrons. The monoisotopic (exact) mass is 263 g/mol. The highest BCUT2D eigenvalue weighted by molar-refractivity contribution is 7.89. The average molecular weight is 263 g/mol. The quantitative estimate of drug-likeness (QED) is 0.616. The Kier molecular flexibility index (Phi) is 4.91. The summed E-state index contributed by atoms with van der Waals surface area (Å²) in [6, 6.07) is 0. The zero-order valence-electron chi connectivity index (χ0n) is 9.94. The third-order valence-corrected chi connectivity index (χ3v) is 3.84. The molecular formula is C10H21N3O3S. The molecule has 0 saturated heterocycles. The van der Waals surface area contributed by atoms with Gasteiger partial charge in [0.05, 0.1) is 5.75 Å². The normalized spacial score (nSPS) is 19.9. The van der Waals surface area contributed by atoms with Crippen LogP contribution in [0.5, 0.6) is 0 Å². The maximum absolute atomic E-state index is 11.6. The van der Waals surface area contributed by atoms with Crippen molar-refractivity contribution in [3.8, 4) is 0 Å². The summed E-state index contributed by atoms with van der Waals surface area (Å²) in [6.45, 7) is 0.0494. The van der Waals surface area contributed by atoms with E-state index in [9.17, 15) is 13.2 Å². The van der Waals surface area contributed by atoms with Crippen LogP contribution >= 0.6 is 0 Å². The van der Waals surface area contributed by atoms with Crippen molar-refractivity contribution in [2.45, 2.75) is 44.1 Å². The molecule has 0 aromatic rings. The van der Waals surface area contributed by atoms with Gasteiger partial charge in [0.25, 0.3) is 0 Å². The first-order chi connectivity index (χ1) is 7.81. The van der Waals surface area contributed by atoms with Gasteiger partial charge in [-0.2, -0.15) is 0 Å². The largest absolute Gasteiger partial charge is 0.355 e. The minimum Gasteiger partial charge on any atom is -0.355 e. The first kappa shape index (κ1) is 14.4. The SMILES string of the molecule is NC1(CC(=O)NCCS(N)(=O)=O)CCCCC1. The number of sulfonamides is 1. The van der Waals surface area contributed by atoms with Gasteiger partial charge in [0, 0.05) is 18.5 Å². The van der Waals surface area contributed by atoms with Crippen molar-refractivity contribution in [1.29, 1.82) is 0 Å². The Hall–Kier alpha value is -0.660. The number of primary sulfonamides is 1. The predicted molar refractivity (Wildman–Crippen MR) is 65.6 cm³/mol. The van der Waals surface area contributed by atoms with E-state index in [1.54, 1.807) is 0 Å². The van der Waals surface area contributed by atoms with Crippen LogP contribution in [0.25, 0.3) is 0 Å². The zero-order valence-corrected chi connectivity index (χ0v) is 10.8. The number of carbonyl (C=O) groups is 1. The maximum Gasteiger partial charge on any atom is 0.221 e. The molecular weight excluding hydrogens is 242 g/mol. The number of nitrogens with one attached hydrogen (secondary N) is 1. The van der Waals surface area contributed by atoms with Gasteiger partial charge in [0.1, 0.15) is 0 Å². The molecule has 100 valence electrons. The Morgan fingerprint density at radius 1 is 1.24 bits per heavy atom. The van der Waals surface area contributed by atoms with Crippen LogP contribution in [0.2, 0.25) is 0 Å². The van der Waals surface area contributed by atoms with Gasteiger partial charge in [-0.1, -0.05) is 19.3 Å². The molecule has 1 fully saturated rings. The lowest BCUT2D eigenvalue weighted by Crippen LogP contribution is -2.46. The zero-order chi connectivity index (χ0) is 12.9. The highest BCUT2D eigenvalue weighted by Crippen LogP contribution is 2.28. The molecule has 0 heterocycles. The summed E-state index contributed by atoms with van der Waals surface area (Å²) in [5.74, 6) is -0.436. The van der Waals surface area contributed by atoms with Crippen LogP contribution in [0.4, 0.5) is 0 Å². The van der Waals surface area contributed by atoms with Crippen LogP contribution < -0.4 is 16.2 Å². The van der Waals surface area contributed by atoms with E-state index in [0.717, 1.165) is 25.7 Å². The summed E-state index contributed by atoms with van der Waals surface area (Å²) in [4.78, 5) is 11.6. The summed E-state index contributed by atoms with van der Waals surface area (Å²) in [6.07, 6.45) is 5.26. The number of rotatable bonds is 5. The molecule has 0 aliphatic heterocycles. The summed E-state index contributed by atoms with van der Waals surface area (Å²) in [7, 11) is -3.51. The molecule has 1 rings (SSSR count). The Balaban J connectivity index is 2.29. The van der Waals surface area contributed by atoms with Crippen molar-refractivity contribution < 1.29 is 13.2 Å². The Morgan fingerprint density at radius 2 is 1.82 bits per heavy atom.